The van der Waals surface area contributed by atoms with Crippen LogP contribution in [-0.4, -0.2) is 48.9 Å². The number of hydrogen-bond donors (Lipinski definition) is 1. The summed E-state index contributed by atoms with van der Waals surface area (Å²) in [6, 6.07) is 18.0. The summed E-state index contributed by atoms with van der Waals surface area (Å²) in [4.78, 5) is 22.6. The van der Waals surface area contributed by atoms with Crippen LogP contribution in [0.2, 0.25) is 0 Å². The molecule has 0 radical (unpaired) electrons. The fourth-order valence-electron chi connectivity index (χ4n) is 5.32. The third kappa shape index (κ3) is 3.17. The zero-order chi connectivity index (χ0) is 22.6. The molecule has 4 aliphatic rings. The van der Waals surface area contributed by atoms with E-state index in [0.29, 0.717) is 30.2 Å². The van der Waals surface area contributed by atoms with Crippen LogP contribution < -0.4 is 24.6 Å². The number of hydrogen-bond acceptors (Lipinski definition) is 7. The summed E-state index contributed by atoms with van der Waals surface area (Å²) in [6.45, 7) is 2.19. The van der Waals surface area contributed by atoms with Gasteiger partial charge in [-0.1, -0.05) is 18.2 Å². The zero-order valence-electron chi connectivity index (χ0n) is 18.5. The molecule has 2 aromatic carbocycles. The highest BCUT2D eigenvalue weighted by Crippen LogP contribution is 2.41. The van der Waals surface area contributed by atoms with Gasteiger partial charge in [0.05, 0.1) is 36.7 Å². The lowest BCUT2D eigenvalue weighted by atomic mass is 10.1. The standard InChI is InChI=1S/C26H24N4O4/c31-26(24-15-33-22-5-1-2-6-23(22)34-24)30-12-16-4-3-9-27-25(16)28-20-8-7-17(11-21(20)30)29-13-19-10-18(29)14-32-19/h1-9,11,18-19,24H,10,12-15H2,(H,27,28)/t18-,19-,24+/m0/s1. The average molecular weight is 457 g/mol. The maximum atomic E-state index is 13.9. The minimum absolute atomic E-state index is 0.141. The molecule has 0 saturated carbocycles. The second-order valence-corrected chi connectivity index (χ2v) is 9.12. The van der Waals surface area contributed by atoms with E-state index < -0.39 is 6.10 Å². The number of fused-ring (bicyclic) bond motifs is 5. The molecule has 5 heterocycles. The second-order valence-electron chi connectivity index (χ2n) is 9.12. The number of nitrogens with zero attached hydrogens (tertiary/aromatic N) is 3. The molecule has 1 N–H and O–H groups in total. The number of rotatable bonds is 2. The van der Waals surface area contributed by atoms with Crippen molar-refractivity contribution >= 4 is 28.8 Å². The Kier molecular flexibility index (Phi) is 4.41. The molecule has 4 aliphatic heterocycles. The number of carbonyl (C=O) groups is 1. The first-order chi connectivity index (χ1) is 16.7. The largest absolute Gasteiger partial charge is 0.485 e. The molecule has 8 heteroatoms. The third-order valence-electron chi connectivity index (χ3n) is 7.03. The van der Waals surface area contributed by atoms with Gasteiger partial charge in [0.25, 0.3) is 5.91 Å². The molecule has 34 heavy (non-hydrogen) atoms. The van der Waals surface area contributed by atoms with Crippen molar-refractivity contribution in [3.63, 3.8) is 0 Å². The number of pyridine rings is 1. The van der Waals surface area contributed by atoms with Gasteiger partial charge in [-0.15, -0.1) is 0 Å². The van der Waals surface area contributed by atoms with Gasteiger partial charge in [0, 0.05) is 24.0 Å². The maximum absolute atomic E-state index is 13.9. The highest BCUT2D eigenvalue weighted by atomic mass is 16.6. The van der Waals surface area contributed by atoms with Crippen LogP contribution in [0.15, 0.2) is 60.8 Å². The highest BCUT2D eigenvalue weighted by Gasteiger charge is 2.40. The van der Waals surface area contributed by atoms with Crippen molar-refractivity contribution in [3.8, 4) is 11.5 Å². The van der Waals surface area contributed by atoms with Gasteiger partial charge in [0.1, 0.15) is 12.4 Å². The molecule has 2 bridgehead atoms. The number of amides is 1. The zero-order valence-corrected chi connectivity index (χ0v) is 18.5. The quantitative estimate of drug-likeness (QED) is 0.633. The van der Waals surface area contributed by atoms with Gasteiger partial charge in [-0.2, -0.15) is 0 Å². The Labute approximate surface area is 197 Å². The second kappa shape index (κ2) is 7.63. The highest BCUT2D eigenvalue weighted by molar-refractivity contribution is 6.01. The van der Waals surface area contributed by atoms with Gasteiger partial charge in [-0.05, 0) is 42.8 Å². The molecule has 0 aliphatic carbocycles. The van der Waals surface area contributed by atoms with E-state index in [1.165, 1.54) is 0 Å². The summed E-state index contributed by atoms with van der Waals surface area (Å²) >= 11 is 0. The predicted octanol–water partition coefficient (Wildman–Crippen LogP) is 3.49. The van der Waals surface area contributed by atoms with Crippen molar-refractivity contribution in [2.24, 2.45) is 0 Å². The van der Waals surface area contributed by atoms with Crippen LogP contribution in [0.1, 0.15) is 12.0 Å². The van der Waals surface area contributed by atoms with Crippen molar-refractivity contribution in [1.29, 1.82) is 0 Å². The van der Waals surface area contributed by atoms with Crippen LogP contribution in [0, 0.1) is 0 Å². The summed E-state index contributed by atoms with van der Waals surface area (Å²) < 4.78 is 17.7. The molecule has 3 atom stereocenters. The Morgan fingerprint density at radius 1 is 1.06 bits per heavy atom. The summed E-state index contributed by atoms with van der Waals surface area (Å²) in [5, 5.41) is 3.44. The Morgan fingerprint density at radius 2 is 1.97 bits per heavy atom. The smallest absolute Gasteiger partial charge is 0.272 e. The van der Waals surface area contributed by atoms with E-state index in [4.69, 9.17) is 14.2 Å². The molecule has 1 amide bonds. The Balaban J connectivity index is 1.27. The van der Waals surface area contributed by atoms with E-state index in [-0.39, 0.29) is 12.5 Å². The molecular weight excluding hydrogens is 432 g/mol. The predicted molar refractivity (Wildman–Crippen MR) is 127 cm³/mol. The lowest BCUT2D eigenvalue weighted by Crippen LogP contribution is -2.46. The normalized spacial score (nSPS) is 24.2. The molecule has 8 nitrogen and oxygen atoms in total. The SMILES string of the molecule is O=C([C@H]1COc2ccccc2O1)N1Cc2cccnc2Nc2ccc(N3C[C@@H]4C[C@H]3CO4)cc21. The summed E-state index contributed by atoms with van der Waals surface area (Å²) in [6.07, 6.45) is 2.37. The van der Waals surface area contributed by atoms with Crippen molar-refractivity contribution in [3.05, 3.63) is 66.4 Å². The maximum Gasteiger partial charge on any atom is 0.272 e. The van der Waals surface area contributed by atoms with E-state index in [9.17, 15) is 4.79 Å². The number of aromatic nitrogens is 1. The van der Waals surface area contributed by atoms with E-state index in [2.05, 4.69) is 27.3 Å². The van der Waals surface area contributed by atoms with Crippen molar-refractivity contribution in [1.82, 2.24) is 4.98 Å². The van der Waals surface area contributed by atoms with Crippen LogP contribution in [-0.2, 0) is 16.1 Å². The molecule has 7 rings (SSSR count). The Morgan fingerprint density at radius 3 is 2.82 bits per heavy atom. The van der Waals surface area contributed by atoms with Gasteiger partial charge in [0.15, 0.2) is 11.5 Å². The molecule has 0 spiro atoms. The first kappa shape index (κ1) is 19.7. The van der Waals surface area contributed by atoms with Crippen LogP contribution in [0.25, 0.3) is 0 Å². The average Bonchev–Trinajstić information content (AvgIpc) is 3.48. The summed E-state index contributed by atoms with van der Waals surface area (Å²) in [5.41, 5.74) is 3.69. The van der Waals surface area contributed by atoms with Crippen molar-refractivity contribution in [2.75, 3.05) is 34.9 Å². The van der Waals surface area contributed by atoms with Crippen molar-refractivity contribution in [2.45, 2.75) is 31.2 Å². The first-order valence-electron chi connectivity index (χ1n) is 11.7. The van der Waals surface area contributed by atoms with Crippen molar-refractivity contribution < 1.29 is 19.0 Å². The van der Waals surface area contributed by atoms with E-state index in [1.54, 1.807) is 11.1 Å². The lowest BCUT2D eigenvalue weighted by Gasteiger charge is -2.33. The number of nitrogens with one attached hydrogen (secondary N) is 1. The topological polar surface area (TPSA) is 76.2 Å². The summed E-state index contributed by atoms with van der Waals surface area (Å²) in [5.74, 6) is 1.86. The molecule has 3 aromatic rings. The van der Waals surface area contributed by atoms with Gasteiger partial charge in [0.2, 0.25) is 6.10 Å². The summed E-state index contributed by atoms with van der Waals surface area (Å²) in [7, 11) is 0. The molecule has 0 unspecified atom stereocenters. The van der Waals surface area contributed by atoms with Crippen LogP contribution in [0.3, 0.4) is 0 Å². The van der Waals surface area contributed by atoms with E-state index >= 15 is 0 Å². The van der Waals surface area contributed by atoms with E-state index in [1.807, 2.05) is 42.5 Å². The number of benzene rings is 2. The number of ether oxygens (including phenoxy) is 3. The molecule has 172 valence electrons. The number of anilines is 4. The number of morpholine rings is 1. The van der Waals surface area contributed by atoms with Crippen LogP contribution >= 0.6 is 0 Å². The molecular formula is C26H24N4O4. The molecule has 2 saturated heterocycles. The van der Waals surface area contributed by atoms with Gasteiger partial charge < -0.3 is 29.3 Å². The number of para-hydroxylation sites is 2. The fourth-order valence-corrected chi connectivity index (χ4v) is 5.32. The minimum atomic E-state index is -0.735. The first-order valence-corrected chi connectivity index (χ1v) is 11.7. The van der Waals surface area contributed by atoms with E-state index in [0.717, 1.165) is 48.0 Å². The van der Waals surface area contributed by atoms with Gasteiger partial charge in [-0.3, -0.25) is 4.79 Å². The lowest BCUT2D eigenvalue weighted by molar-refractivity contribution is -0.127. The van der Waals surface area contributed by atoms with Crippen LogP contribution in [0.5, 0.6) is 11.5 Å². The number of carbonyl (C=O) groups excluding carboxylic acids is 1. The van der Waals surface area contributed by atoms with Gasteiger partial charge >= 0.3 is 0 Å². The van der Waals surface area contributed by atoms with Gasteiger partial charge in [-0.25, -0.2) is 4.98 Å². The monoisotopic (exact) mass is 456 g/mol. The van der Waals surface area contributed by atoms with Crippen LogP contribution in [0.4, 0.5) is 22.9 Å². The molecule has 2 fully saturated rings. The fraction of sp³-hybridized carbons (Fsp3) is 0.308. The third-order valence-corrected chi connectivity index (χ3v) is 7.03. The molecule has 1 aromatic heterocycles. The minimum Gasteiger partial charge on any atom is -0.485 e. The Bertz CT molecular complexity index is 1280. The Hall–Kier alpha value is -3.78.